The number of nitrogens with one attached hydrogen (secondary N) is 1. The molecule has 0 bridgehead atoms. The third-order valence-electron chi connectivity index (χ3n) is 4.80. The molecule has 1 aliphatic rings. The van der Waals surface area contributed by atoms with Crippen LogP contribution in [0.5, 0.6) is 11.5 Å². The van der Waals surface area contributed by atoms with Gasteiger partial charge in [0.1, 0.15) is 6.17 Å². The zero-order chi connectivity index (χ0) is 18.8. The number of ether oxygens (including phenoxy) is 2. The van der Waals surface area contributed by atoms with E-state index in [0.717, 1.165) is 17.7 Å². The summed E-state index contributed by atoms with van der Waals surface area (Å²) in [5, 5.41) is 3.92. The summed E-state index contributed by atoms with van der Waals surface area (Å²) < 4.78 is 10.8. The maximum Gasteiger partial charge on any atom is 0.258 e. The van der Waals surface area contributed by atoms with Gasteiger partial charge in [0, 0.05) is 17.3 Å². The zero-order valence-corrected chi connectivity index (χ0v) is 16.1. The molecule has 2 atom stereocenters. The first-order chi connectivity index (χ1) is 12.5. The molecule has 0 fully saturated rings. The van der Waals surface area contributed by atoms with Gasteiger partial charge in [0.2, 0.25) is 0 Å². The highest BCUT2D eigenvalue weighted by Gasteiger charge is 2.36. The number of para-hydroxylation sites is 1. The minimum absolute atomic E-state index is 0.00427. The molecule has 138 valence electrons. The molecule has 1 heterocycles. The Morgan fingerprint density at radius 3 is 2.62 bits per heavy atom. The Bertz CT molecular complexity index is 825. The van der Waals surface area contributed by atoms with Crippen LogP contribution in [0.1, 0.15) is 42.4 Å². The van der Waals surface area contributed by atoms with Gasteiger partial charge >= 0.3 is 0 Å². The van der Waals surface area contributed by atoms with Crippen molar-refractivity contribution in [1.29, 1.82) is 0 Å². The lowest BCUT2D eigenvalue weighted by molar-refractivity contribution is 0.0593. The largest absolute Gasteiger partial charge is 0.493 e. The Morgan fingerprint density at radius 1 is 1.23 bits per heavy atom. The molecule has 1 aliphatic heterocycles. The van der Waals surface area contributed by atoms with Gasteiger partial charge in [-0.2, -0.15) is 0 Å². The van der Waals surface area contributed by atoms with Crippen molar-refractivity contribution in [1.82, 2.24) is 4.90 Å². The van der Waals surface area contributed by atoms with E-state index in [0.29, 0.717) is 22.1 Å². The van der Waals surface area contributed by atoms with E-state index < -0.39 is 0 Å². The standard InChI is InChI=1S/C20H23ClN2O3/c1-5-12(2)23-19(22-16-9-7-6-8-14(16)20(23)24)13-10-15(21)18(26-4)17(11-13)25-3/h6-12,19,22H,5H2,1-4H3/t12-,19-/m1/s1. The molecule has 0 radical (unpaired) electrons. The van der Waals surface area contributed by atoms with Crippen molar-refractivity contribution in [3.05, 3.63) is 52.5 Å². The summed E-state index contributed by atoms with van der Waals surface area (Å²) in [6.45, 7) is 4.11. The molecule has 1 amide bonds. The first-order valence-corrected chi connectivity index (χ1v) is 8.99. The predicted molar refractivity (Wildman–Crippen MR) is 103 cm³/mol. The van der Waals surface area contributed by atoms with Gasteiger partial charge in [0.15, 0.2) is 11.5 Å². The summed E-state index contributed by atoms with van der Waals surface area (Å²) in [4.78, 5) is 15.0. The SMILES string of the molecule is CC[C@@H](C)N1C(=O)c2ccccc2N[C@H]1c1cc(Cl)c(OC)c(OC)c1. The Labute approximate surface area is 158 Å². The van der Waals surface area contributed by atoms with Crippen LogP contribution in [0, 0.1) is 0 Å². The molecule has 2 aromatic carbocycles. The number of benzene rings is 2. The molecular formula is C20H23ClN2O3. The average Bonchev–Trinajstić information content (AvgIpc) is 2.66. The van der Waals surface area contributed by atoms with Crippen molar-refractivity contribution >= 4 is 23.2 Å². The number of carbonyl (C=O) groups is 1. The number of amides is 1. The summed E-state index contributed by atoms with van der Waals surface area (Å²) in [5.74, 6) is 1.02. The lowest BCUT2D eigenvalue weighted by Crippen LogP contribution is -2.47. The number of methoxy groups -OCH3 is 2. The van der Waals surface area contributed by atoms with E-state index in [9.17, 15) is 4.79 Å². The quantitative estimate of drug-likeness (QED) is 0.822. The molecule has 0 saturated heterocycles. The topological polar surface area (TPSA) is 50.8 Å². The van der Waals surface area contributed by atoms with Gasteiger partial charge in [-0.1, -0.05) is 30.7 Å². The van der Waals surface area contributed by atoms with Crippen LogP contribution in [0.15, 0.2) is 36.4 Å². The highest BCUT2D eigenvalue weighted by atomic mass is 35.5. The molecule has 0 spiro atoms. The second kappa shape index (κ2) is 7.46. The summed E-state index contributed by atoms with van der Waals surface area (Å²) in [6.07, 6.45) is 0.497. The molecule has 0 aromatic heterocycles. The summed E-state index contributed by atoms with van der Waals surface area (Å²) in [5.41, 5.74) is 2.33. The Hall–Kier alpha value is -2.40. The molecule has 0 saturated carbocycles. The van der Waals surface area contributed by atoms with Crippen LogP contribution < -0.4 is 14.8 Å². The highest BCUT2D eigenvalue weighted by Crippen LogP contribution is 2.41. The average molecular weight is 375 g/mol. The minimum atomic E-state index is -0.343. The first-order valence-electron chi connectivity index (χ1n) is 8.61. The van der Waals surface area contributed by atoms with Crippen molar-refractivity contribution in [3.8, 4) is 11.5 Å². The van der Waals surface area contributed by atoms with Gasteiger partial charge in [0.05, 0.1) is 24.8 Å². The van der Waals surface area contributed by atoms with Crippen LogP contribution in [0.25, 0.3) is 0 Å². The summed E-state index contributed by atoms with van der Waals surface area (Å²) in [6, 6.07) is 11.3. The molecule has 5 nitrogen and oxygen atoms in total. The van der Waals surface area contributed by atoms with Crippen LogP contribution in [-0.4, -0.2) is 31.1 Å². The Morgan fingerprint density at radius 2 is 1.96 bits per heavy atom. The van der Waals surface area contributed by atoms with Crippen molar-refractivity contribution in [2.24, 2.45) is 0 Å². The fourth-order valence-corrected chi connectivity index (χ4v) is 3.56. The molecule has 6 heteroatoms. The molecule has 0 aliphatic carbocycles. The number of fused-ring (bicyclic) bond motifs is 1. The van der Waals surface area contributed by atoms with Gasteiger partial charge in [-0.3, -0.25) is 4.79 Å². The Kier molecular flexibility index (Phi) is 5.28. The second-order valence-corrected chi connectivity index (χ2v) is 6.71. The number of carbonyl (C=O) groups excluding carboxylic acids is 1. The molecule has 1 N–H and O–H groups in total. The number of hydrogen-bond donors (Lipinski definition) is 1. The number of halogens is 1. The second-order valence-electron chi connectivity index (χ2n) is 6.30. The van der Waals surface area contributed by atoms with Crippen molar-refractivity contribution in [2.45, 2.75) is 32.5 Å². The van der Waals surface area contributed by atoms with Crippen LogP contribution in [0.4, 0.5) is 5.69 Å². The maximum atomic E-state index is 13.2. The van der Waals surface area contributed by atoms with Crippen LogP contribution >= 0.6 is 11.6 Å². The van der Waals surface area contributed by atoms with Crippen LogP contribution in [-0.2, 0) is 0 Å². The smallest absolute Gasteiger partial charge is 0.258 e. The van der Waals surface area contributed by atoms with Gasteiger partial charge < -0.3 is 19.7 Å². The monoisotopic (exact) mass is 374 g/mol. The van der Waals surface area contributed by atoms with E-state index in [4.69, 9.17) is 21.1 Å². The van der Waals surface area contributed by atoms with Crippen molar-refractivity contribution in [3.63, 3.8) is 0 Å². The highest BCUT2D eigenvalue weighted by molar-refractivity contribution is 6.32. The fourth-order valence-electron chi connectivity index (χ4n) is 3.26. The van der Waals surface area contributed by atoms with Gasteiger partial charge in [-0.05, 0) is 37.6 Å². The van der Waals surface area contributed by atoms with Gasteiger partial charge in [-0.25, -0.2) is 0 Å². The third kappa shape index (κ3) is 3.07. The summed E-state index contributed by atoms with van der Waals surface area (Å²) >= 11 is 6.39. The van der Waals surface area contributed by atoms with Crippen LogP contribution in [0.3, 0.4) is 0 Å². The maximum absolute atomic E-state index is 13.2. The van der Waals surface area contributed by atoms with E-state index in [1.54, 1.807) is 14.2 Å². The van der Waals surface area contributed by atoms with Crippen LogP contribution in [0.2, 0.25) is 5.02 Å². The normalized spacial score (nSPS) is 17.3. The van der Waals surface area contributed by atoms with Crippen molar-refractivity contribution < 1.29 is 14.3 Å². The van der Waals surface area contributed by atoms with E-state index in [1.165, 1.54) is 0 Å². The van der Waals surface area contributed by atoms with E-state index in [-0.39, 0.29) is 18.1 Å². The Balaban J connectivity index is 2.13. The fraction of sp³-hybridized carbons (Fsp3) is 0.350. The molecule has 3 rings (SSSR count). The van der Waals surface area contributed by atoms with E-state index in [2.05, 4.69) is 12.2 Å². The predicted octanol–water partition coefficient (Wildman–Crippen LogP) is 4.72. The number of anilines is 1. The molecule has 26 heavy (non-hydrogen) atoms. The number of hydrogen-bond acceptors (Lipinski definition) is 4. The van der Waals surface area contributed by atoms with E-state index in [1.807, 2.05) is 48.2 Å². The number of nitrogens with zero attached hydrogens (tertiary/aromatic N) is 1. The van der Waals surface area contributed by atoms with Gasteiger partial charge in [-0.15, -0.1) is 0 Å². The zero-order valence-electron chi connectivity index (χ0n) is 15.4. The molecular weight excluding hydrogens is 352 g/mol. The minimum Gasteiger partial charge on any atom is -0.493 e. The lowest BCUT2D eigenvalue weighted by Gasteiger charge is -2.41. The lowest BCUT2D eigenvalue weighted by atomic mass is 10.0. The van der Waals surface area contributed by atoms with Crippen molar-refractivity contribution in [2.75, 3.05) is 19.5 Å². The summed E-state index contributed by atoms with van der Waals surface area (Å²) in [7, 11) is 3.12. The molecule has 0 unspecified atom stereocenters. The van der Waals surface area contributed by atoms with Gasteiger partial charge in [0.25, 0.3) is 5.91 Å². The first kappa shape index (κ1) is 18.4. The number of rotatable bonds is 5. The third-order valence-corrected chi connectivity index (χ3v) is 5.08. The van der Waals surface area contributed by atoms with E-state index >= 15 is 0 Å². The molecule has 2 aromatic rings.